The minimum Gasteiger partial charge on any atom is -0.481 e. The van der Waals surface area contributed by atoms with Crippen LogP contribution in [0, 0.1) is 6.92 Å². The fourth-order valence-electron chi connectivity index (χ4n) is 1.50. The Bertz CT molecular complexity index is 437. The molecule has 0 aliphatic heterocycles. The maximum absolute atomic E-state index is 10.9. The van der Waals surface area contributed by atoms with Gasteiger partial charge in [-0.1, -0.05) is 0 Å². The number of nitrogens with zero attached hydrogens (tertiary/aromatic N) is 4. The van der Waals surface area contributed by atoms with Crippen LogP contribution in [0.1, 0.15) is 5.69 Å². The molecule has 0 saturated carbocycles. The Balaban J connectivity index is 2.94. The number of carboxylic acid groups (broad SMARTS) is 1. The number of aliphatic carboxylic acids is 1. The van der Waals surface area contributed by atoms with E-state index in [-0.39, 0.29) is 6.54 Å². The number of anilines is 1. The van der Waals surface area contributed by atoms with Crippen molar-refractivity contribution < 1.29 is 14.6 Å². The van der Waals surface area contributed by atoms with Crippen molar-refractivity contribution in [1.29, 1.82) is 0 Å². The molecule has 0 saturated heterocycles. The Morgan fingerprint density at radius 3 is 2.58 bits per heavy atom. The second-order valence-corrected chi connectivity index (χ2v) is 4.47. The van der Waals surface area contributed by atoms with Crippen LogP contribution < -0.4 is 9.64 Å². The highest BCUT2D eigenvalue weighted by molar-refractivity contribution is 5.72. The molecular weight excluding hydrogens is 248 g/mol. The van der Waals surface area contributed by atoms with E-state index in [9.17, 15) is 4.79 Å². The lowest BCUT2D eigenvalue weighted by molar-refractivity contribution is -0.135. The first kappa shape index (κ1) is 15.2. The second kappa shape index (κ2) is 6.89. The van der Waals surface area contributed by atoms with Crippen LogP contribution in [-0.2, 0) is 4.79 Å². The Morgan fingerprint density at radius 2 is 2.05 bits per heavy atom. The van der Waals surface area contributed by atoms with Crippen LogP contribution in [0.3, 0.4) is 0 Å². The van der Waals surface area contributed by atoms with Crippen molar-refractivity contribution in [1.82, 2.24) is 14.9 Å². The number of aromatic nitrogens is 2. The predicted octanol–water partition coefficient (Wildman–Crippen LogP) is 0.246. The van der Waals surface area contributed by atoms with E-state index in [1.807, 2.05) is 25.9 Å². The monoisotopic (exact) mass is 268 g/mol. The number of carboxylic acids is 1. The molecular formula is C12H20N4O3. The summed E-state index contributed by atoms with van der Waals surface area (Å²) in [6.45, 7) is 2.93. The maximum Gasteiger partial charge on any atom is 0.323 e. The van der Waals surface area contributed by atoms with Gasteiger partial charge in [-0.3, -0.25) is 4.79 Å². The van der Waals surface area contributed by atoms with Crippen molar-refractivity contribution in [2.45, 2.75) is 6.92 Å². The number of hydrogen-bond donors (Lipinski definition) is 1. The molecule has 0 spiro atoms. The predicted molar refractivity (Wildman–Crippen MR) is 71.7 cm³/mol. The van der Waals surface area contributed by atoms with E-state index in [1.54, 1.807) is 11.0 Å². The van der Waals surface area contributed by atoms with Crippen LogP contribution in [0.25, 0.3) is 0 Å². The zero-order valence-electron chi connectivity index (χ0n) is 11.8. The van der Waals surface area contributed by atoms with Gasteiger partial charge in [0.2, 0.25) is 11.8 Å². The summed E-state index contributed by atoms with van der Waals surface area (Å²) in [4.78, 5) is 23.0. The van der Waals surface area contributed by atoms with E-state index in [2.05, 4.69) is 9.97 Å². The molecule has 1 N–H and O–H groups in total. The largest absolute Gasteiger partial charge is 0.481 e. The van der Waals surface area contributed by atoms with Gasteiger partial charge in [-0.2, -0.15) is 4.98 Å². The molecule has 1 aromatic heterocycles. The first-order chi connectivity index (χ1) is 8.92. The smallest absolute Gasteiger partial charge is 0.323 e. The second-order valence-electron chi connectivity index (χ2n) is 4.47. The van der Waals surface area contributed by atoms with E-state index in [0.717, 1.165) is 5.69 Å². The molecule has 0 atom stereocenters. The lowest BCUT2D eigenvalue weighted by Gasteiger charge is -2.23. The van der Waals surface area contributed by atoms with Gasteiger partial charge in [0.25, 0.3) is 0 Å². The van der Waals surface area contributed by atoms with Gasteiger partial charge >= 0.3 is 5.97 Å². The van der Waals surface area contributed by atoms with E-state index >= 15 is 0 Å². The van der Waals surface area contributed by atoms with Gasteiger partial charge in [0.15, 0.2) is 0 Å². The number of rotatable bonds is 7. The molecule has 0 radical (unpaired) electrons. The maximum atomic E-state index is 10.9. The first-order valence-electron chi connectivity index (χ1n) is 5.93. The summed E-state index contributed by atoms with van der Waals surface area (Å²) in [5.74, 6) is -0.105. The van der Waals surface area contributed by atoms with Gasteiger partial charge in [-0.15, -0.1) is 0 Å². The van der Waals surface area contributed by atoms with Crippen molar-refractivity contribution in [3.05, 3.63) is 11.8 Å². The van der Waals surface area contributed by atoms with E-state index in [0.29, 0.717) is 24.9 Å². The van der Waals surface area contributed by atoms with Crippen LogP contribution in [-0.4, -0.2) is 66.8 Å². The highest BCUT2D eigenvalue weighted by atomic mass is 16.5. The molecule has 7 heteroatoms. The average Bonchev–Trinajstić information content (AvgIpc) is 2.32. The number of methoxy groups -OCH3 is 1. The third-order valence-electron chi connectivity index (χ3n) is 2.45. The van der Waals surface area contributed by atoms with E-state index in [1.165, 1.54) is 7.11 Å². The third kappa shape index (κ3) is 5.09. The van der Waals surface area contributed by atoms with E-state index in [4.69, 9.17) is 9.84 Å². The molecule has 7 nitrogen and oxygen atoms in total. The van der Waals surface area contributed by atoms with Crippen molar-refractivity contribution in [3.8, 4) is 5.88 Å². The highest BCUT2D eigenvalue weighted by Gasteiger charge is 2.15. The molecule has 0 unspecified atom stereocenters. The first-order valence-corrected chi connectivity index (χ1v) is 5.93. The number of carbonyl (C=O) groups is 1. The lowest BCUT2D eigenvalue weighted by Crippen LogP contribution is -2.36. The number of likely N-dealkylation sites (N-methyl/N-ethyl adjacent to an activating group) is 1. The molecule has 0 aliphatic carbocycles. The Hall–Kier alpha value is -1.89. The van der Waals surface area contributed by atoms with Crippen molar-refractivity contribution in [2.24, 2.45) is 0 Å². The van der Waals surface area contributed by atoms with E-state index < -0.39 is 5.97 Å². The SMILES string of the molecule is COc1cc(C)nc(N(CCN(C)C)CC(=O)O)n1. The molecule has 0 aliphatic rings. The van der Waals surface area contributed by atoms with Gasteiger partial charge in [0, 0.05) is 24.8 Å². The summed E-state index contributed by atoms with van der Waals surface area (Å²) in [5, 5.41) is 8.96. The van der Waals surface area contributed by atoms with Crippen LogP contribution in [0.15, 0.2) is 6.07 Å². The fraction of sp³-hybridized carbons (Fsp3) is 0.583. The summed E-state index contributed by atoms with van der Waals surface area (Å²) in [6, 6.07) is 1.70. The zero-order chi connectivity index (χ0) is 14.4. The van der Waals surface area contributed by atoms with Gasteiger partial charge in [-0.05, 0) is 21.0 Å². The van der Waals surface area contributed by atoms with Crippen LogP contribution in [0.4, 0.5) is 5.95 Å². The standard InChI is InChI=1S/C12H20N4O3/c1-9-7-10(19-4)14-12(13-9)16(8-11(17)18)6-5-15(2)3/h7H,5-6,8H2,1-4H3,(H,17,18). The summed E-state index contributed by atoms with van der Waals surface area (Å²) in [6.07, 6.45) is 0. The summed E-state index contributed by atoms with van der Waals surface area (Å²) < 4.78 is 5.08. The van der Waals surface area contributed by atoms with Crippen molar-refractivity contribution >= 4 is 11.9 Å². The van der Waals surface area contributed by atoms with Crippen molar-refractivity contribution in [2.75, 3.05) is 45.7 Å². The highest BCUT2D eigenvalue weighted by Crippen LogP contribution is 2.14. The Kier molecular flexibility index (Phi) is 5.50. The molecule has 0 bridgehead atoms. The summed E-state index contributed by atoms with van der Waals surface area (Å²) in [5.41, 5.74) is 0.738. The molecule has 0 amide bonds. The molecule has 0 fully saturated rings. The molecule has 1 rings (SSSR count). The zero-order valence-corrected chi connectivity index (χ0v) is 11.8. The molecule has 1 aromatic rings. The Morgan fingerprint density at radius 1 is 1.37 bits per heavy atom. The number of hydrogen-bond acceptors (Lipinski definition) is 6. The Labute approximate surface area is 112 Å². The van der Waals surface area contributed by atoms with Crippen LogP contribution >= 0.6 is 0 Å². The van der Waals surface area contributed by atoms with Crippen molar-refractivity contribution in [3.63, 3.8) is 0 Å². The normalized spacial score (nSPS) is 10.6. The number of ether oxygens (including phenoxy) is 1. The number of aryl methyl sites for hydroxylation is 1. The van der Waals surface area contributed by atoms with Gasteiger partial charge in [0.05, 0.1) is 7.11 Å². The molecule has 106 valence electrons. The van der Waals surface area contributed by atoms with Crippen LogP contribution in [0.2, 0.25) is 0 Å². The quantitative estimate of drug-likeness (QED) is 0.759. The van der Waals surface area contributed by atoms with Gasteiger partial charge < -0.3 is 19.6 Å². The topological polar surface area (TPSA) is 78.8 Å². The molecule has 19 heavy (non-hydrogen) atoms. The minimum absolute atomic E-state index is 0.138. The summed E-state index contributed by atoms with van der Waals surface area (Å²) >= 11 is 0. The third-order valence-corrected chi connectivity index (χ3v) is 2.45. The van der Waals surface area contributed by atoms with Gasteiger partial charge in [-0.25, -0.2) is 4.98 Å². The minimum atomic E-state index is -0.914. The average molecular weight is 268 g/mol. The lowest BCUT2D eigenvalue weighted by atomic mass is 10.4. The molecule has 0 aromatic carbocycles. The molecule has 1 heterocycles. The summed E-state index contributed by atoms with van der Waals surface area (Å²) in [7, 11) is 5.38. The van der Waals surface area contributed by atoms with Crippen LogP contribution in [0.5, 0.6) is 5.88 Å². The fourth-order valence-corrected chi connectivity index (χ4v) is 1.50. The van der Waals surface area contributed by atoms with Gasteiger partial charge in [0.1, 0.15) is 6.54 Å².